The number of carbonyl (C=O) groups is 1. The molecule has 0 unspecified atom stereocenters. The van der Waals surface area contributed by atoms with E-state index in [2.05, 4.69) is 15.3 Å². The summed E-state index contributed by atoms with van der Waals surface area (Å²) in [7, 11) is 0. The normalized spacial score (nSPS) is 11.9. The molecule has 1 heterocycles. The minimum absolute atomic E-state index is 0.231. The van der Waals surface area contributed by atoms with Gasteiger partial charge in [-0.1, -0.05) is 53.3 Å². The number of ketones is 1. The minimum Gasteiger partial charge on any atom is -0.286 e. The number of hydrogen-bond donors (Lipinski definition) is 0. The summed E-state index contributed by atoms with van der Waals surface area (Å²) in [4.78, 5) is 13.3. The van der Waals surface area contributed by atoms with E-state index in [4.69, 9.17) is 11.6 Å². The molecule has 3 aromatic carbocycles. The summed E-state index contributed by atoms with van der Waals surface area (Å²) in [6.45, 7) is 0. The minimum atomic E-state index is -0.321. The summed E-state index contributed by atoms with van der Waals surface area (Å²) in [5, 5.41) is 13.6. The summed E-state index contributed by atoms with van der Waals surface area (Å²) < 4.78 is 14.6. The van der Waals surface area contributed by atoms with E-state index in [0.29, 0.717) is 21.0 Å². The van der Waals surface area contributed by atoms with Crippen LogP contribution in [0.3, 0.4) is 0 Å². The van der Waals surface area contributed by atoms with Crippen molar-refractivity contribution in [2.75, 3.05) is 0 Å². The molecule has 0 saturated carbocycles. The lowest BCUT2D eigenvalue weighted by atomic mass is 10.1. The fourth-order valence-corrected chi connectivity index (χ4v) is 3.55. The molecule has 0 fully saturated rings. The number of hydrogen-bond acceptors (Lipinski definition) is 5. The van der Waals surface area contributed by atoms with Crippen molar-refractivity contribution in [1.29, 1.82) is 0 Å². The third-order valence-electron chi connectivity index (χ3n) is 4.08. The van der Waals surface area contributed by atoms with Gasteiger partial charge < -0.3 is 0 Å². The van der Waals surface area contributed by atoms with E-state index in [1.807, 2.05) is 30.3 Å². The maximum atomic E-state index is 13.0. The topological polar surface area (TPSA) is 59.6 Å². The van der Waals surface area contributed by atoms with Crippen LogP contribution in [0.4, 0.5) is 4.39 Å². The lowest BCUT2D eigenvalue weighted by molar-refractivity contribution is 0.103. The van der Waals surface area contributed by atoms with Crippen LogP contribution in [0.1, 0.15) is 20.9 Å². The van der Waals surface area contributed by atoms with Gasteiger partial charge in [0.25, 0.3) is 0 Å². The molecular weight excluding hydrogens is 423 g/mol. The maximum Gasteiger partial charge on any atom is 0.233 e. The van der Waals surface area contributed by atoms with Gasteiger partial charge in [-0.25, -0.2) is 9.07 Å². The Morgan fingerprint density at radius 3 is 2.40 bits per heavy atom. The van der Waals surface area contributed by atoms with Crippen LogP contribution in [0.25, 0.3) is 5.69 Å². The van der Waals surface area contributed by atoms with Gasteiger partial charge in [-0.3, -0.25) is 4.79 Å². The molecule has 148 valence electrons. The van der Waals surface area contributed by atoms with Crippen LogP contribution in [0, 0.1) is 5.82 Å². The zero-order valence-corrected chi connectivity index (χ0v) is 17.0. The average Bonchev–Trinajstić information content (AvgIpc) is 3.20. The fraction of sp³-hybridized carbons (Fsp3) is 0. The lowest BCUT2D eigenvalue weighted by Gasteiger charge is -1.99. The molecule has 0 atom stereocenters. The molecule has 0 aliphatic heterocycles. The van der Waals surface area contributed by atoms with Gasteiger partial charge >= 0.3 is 0 Å². The van der Waals surface area contributed by atoms with Crippen LogP contribution < -0.4 is 4.80 Å². The van der Waals surface area contributed by atoms with E-state index < -0.39 is 0 Å². The van der Waals surface area contributed by atoms with E-state index in [1.165, 1.54) is 18.3 Å². The van der Waals surface area contributed by atoms with Crippen molar-refractivity contribution in [2.45, 2.75) is 0 Å². The lowest BCUT2D eigenvalue weighted by Crippen LogP contribution is -2.14. The first kappa shape index (κ1) is 19.9. The van der Waals surface area contributed by atoms with Crippen LogP contribution in [0.2, 0.25) is 5.02 Å². The Morgan fingerprint density at radius 1 is 1.00 bits per heavy atom. The summed E-state index contributed by atoms with van der Waals surface area (Å²) >= 11 is 7.04. The summed E-state index contributed by atoms with van der Waals surface area (Å²) in [6.07, 6.45) is 1.51. The van der Waals surface area contributed by atoms with Gasteiger partial charge in [-0.05, 0) is 54.1 Å². The highest BCUT2D eigenvalue weighted by atomic mass is 35.5. The van der Waals surface area contributed by atoms with Crippen molar-refractivity contribution in [2.24, 2.45) is 10.2 Å². The summed E-state index contributed by atoms with van der Waals surface area (Å²) in [5.41, 5.74) is 1.93. The van der Waals surface area contributed by atoms with Crippen LogP contribution in [0.15, 0.2) is 89.1 Å². The quantitative estimate of drug-likeness (QED) is 0.254. The number of aromatic nitrogens is 2. The van der Waals surface area contributed by atoms with Gasteiger partial charge in [-0.2, -0.15) is 10.2 Å². The number of nitrogens with zero attached hydrogens (tertiary/aromatic N) is 4. The zero-order valence-electron chi connectivity index (χ0n) is 15.4. The molecule has 0 spiro atoms. The largest absolute Gasteiger partial charge is 0.286 e. The molecule has 4 rings (SSSR count). The molecular formula is C22H14ClFN4OS. The van der Waals surface area contributed by atoms with Crippen molar-refractivity contribution in [3.63, 3.8) is 0 Å². The Labute approximate surface area is 180 Å². The van der Waals surface area contributed by atoms with Crippen LogP contribution in [0.5, 0.6) is 0 Å². The van der Waals surface area contributed by atoms with E-state index in [0.717, 1.165) is 17.0 Å². The third kappa shape index (κ3) is 4.59. The highest BCUT2D eigenvalue weighted by molar-refractivity contribution is 7.11. The Morgan fingerprint density at radius 2 is 1.70 bits per heavy atom. The molecule has 0 aliphatic carbocycles. The van der Waals surface area contributed by atoms with Crippen molar-refractivity contribution in [1.82, 2.24) is 9.78 Å². The first-order chi connectivity index (χ1) is 14.6. The summed E-state index contributed by atoms with van der Waals surface area (Å²) in [6, 6.07) is 21.9. The predicted molar refractivity (Wildman–Crippen MR) is 116 cm³/mol. The van der Waals surface area contributed by atoms with Crippen molar-refractivity contribution >= 4 is 34.9 Å². The first-order valence-electron chi connectivity index (χ1n) is 8.89. The molecule has 8 heteroatoms. The average molecular weight is 437 g/mol. The Bertz CT molecular complexity index is 1260. The first-order valence-corrected chi connectivity index (χ1v) is 10.1. The second-order valence-corrected chi connectivity index (χ2v) is 7.56. The zero-order chi connectivity index (χ0) is 20.9. The SMILES string of the molecule is O=C(c1ccc(Cl)cc1)c1nn(-c2ccccc2)c(=NN=Cc2ccc(F)cc2)s1. The molecule has 0 N–H and O–H groups in total. The Hall–Kier alpha value is -3.42. The van der Waals surface area contributed by atoms with Crippen LogP contribution in [-0.4, -0.2) is 21.8 Å². The summed E-state index contributed by atoms with van der Waals surface area (Å²) in [5.74, 6) is -0.552. The second kappa shape index (κ2) is 8.94. The number of halogens is 2. The highest BCUT2D eigenvalue weighted by Gasteiger charge is 2.16. The predicted octanol–water partition coefficient (Wildman–Crippen LogP) is 4.89. The second-order valence-electron chi connectivity index (χ2n) is 6.17. The Kier molecular flexibility index (Phi) is 5.92. The smallest absolute Gasteiger partial charge is 0.233 e. The molecule has 5 nitrogen and oxygen atoms in total. The van der Waals surface area contributed by atoms with Gasteiger partial charge in [0.1, 0.15) is 5.82 Å². The van der Waals surface area contributed by atoms with Crippen LogP contribution >= 0.6 is 22.9 Å². The molecule has 0 saturated heterocycles. The molecule has 0 radical (unpaired) electrons. The molecule has 4 aromatic rings. The Balaban J connectivity index is 1.73. The van der Waals surface area contributed by atoms with E-state index in [-0.39, 0.29) is 16.6 Å². The molecule has 0 aliphatic rings. The molecule has 1 aromatic heterocycles. The number of benzene rings is 3. The maximum absolute atomic E-state index is 13.0. The standard InChI is InChI=1S/C22H14ClFN4OS/c23-17-10-8-16(9-11-17)20(29)21-27-28(19-4-2-1-3-5-19)22(30-21)26-25-14-15-6-12-18(24)13-7-15/h1-14H. The van der Waals surface area contributed by atoms with E-state index in [1.54, 1.807) is 41.1 Å². The van der Waals surface area contributed by atoms with Crippen LogP contribution in [-0.2, 0) is 0 Å². The number of carbonyl (C=O) groups excluding carboxylic acids is 1. The van der Waals surface area contributed by atoms with Gasteiger partial charge in [-0.15, -0.1) is 5.10 Å². The molecule has 0 amide bonds. The van der Waals surface area contributed by atoms with Gasteiger partial charge in [0.2, 0.25) is 10.6 Å². The van der Waals surface area contributed by atoms with Gasteiger partial charge in [0.15, 0.2) is 5.01 Å². The van der Waals surface area contributed by atoms with E-state index in [9.17, 15) is 9.18 Å². The molecule has 30 heavy (non-hydrogen) atoms. The third-order valence-corrected chi connectivity index (χ3v) is 5.23. The van der Waals surface area contributed by atoms with Crippen molar-refractivity contribution in [3.8, 4) is 5.69 Å². The molecule has 0 bridgehead atoms. The fourth-order valence-electron chi connectivity index (χ4n) is 2.59. The monoisotopic (exact) mass is 436 g/mol. The van der Waals surface area contributed by atoms with Crippen molar-refractivity contribution < 1.29 is 9.18 Å². The van der Waals surface area contributed by atoms with Gasteiger partial charge in [0, 0.05) is 10.6 Å². The number of para-hydroxylation sites is 1. The van der Waals surface area contributed by atoms with Gasteiger partial charge in [0.05, 0.1) is 11.9 Å². The number of rotatable bonds is 5. The van der Waals surface area contributed by atoms with E-state index >= 15 is 0 Å². The van der Waals surface area contributed by atoms with Crippen molar-refractivity contribution in [3.05, 3.63) is 111 Å². The highest BCUT2D eigenvalue weighted by Crippen LogP contribution is 2.15.